The molecule has 2 heterocycles. The summed E-state index contributed by atoms with van der Waals surface area (Å²) < 4.78 is 6.63. The van der Waals surface area contributed by atoms with Gasteiger partial charge in [-0.1, -0.05) is 42.0 Å². The Morgan fingerprint density at radius 1 is 1.06 bits per heavy atom. The average Bonchev–Trinajstić information content (AvgIpc) is 3.18. The maximum Gasteiger partial charge on any atom is 0.340 e. The van der Waals surface area contributed by atoms with E-state index in [1.165, 1.54) is 35.0 Å². The molecule has 2 aromatic carbocycles. The van der Waals surface area contributed by atoms with Gasteiger partial charge >= 0.3 is 5.97 Å². The van der Waals surface area contributed by atoms with Gasteiger partial charge in [-0.05, 0) is 32.0 Å². The van der Waals surface area contributed by atoms with Gasteiger partial charge in [0.15, 0.2) is 0 Å². The molecule has 0 bridgehead atoms. The van der Waals surface area contributed by atoms with Gasteiger partial charge in [-0.2, -0.15) is 0 Å². The first-order chi connectivity index (χ1) is 15.4. The van der Waals surface area contributed by atoms with Gasteiger partial charge in [-0.25, -0.2) is 9.78 Å². The first-order valence-corrected chi connectivity index (χ1v) is 9.94. The molecule has 32 heavy (non-hydrogen) atoms. The molecule has 0 unspecified atom stereocenters. The third kappa shape index (κ3) is 3.74. The lowest BCUT2D eigenvalue weighted by Crippen LogP contribution is -2.08. The lowest BCUT2D eigenvalue weighted by Gasteiger charge is -2.06. The van der Waals surface area contributed by atoms with E-state index in [4.69, 9.17) is 4.74 Å². The van der Waals surface area contributed by atoms with Crippen molar-refractivity contribution >= 4 is 23.0 Å². The van der Waals surface area contributed by atoms with E-state index in [1.54, 1.807) is 19.1 Å². The van der Waals surface area contributed by atoms with E-state index in [9.17, 15) is 19.7 Å². The molecule has 0 N–H and O–H groups in total. The Hall–Kier alpha value is -4.33. The molecule has 0 spiro atoms. The minimum absolute atomic E-state index is 0.0741. The minimum Gasteiger partial charge on any atom is -0.462 e. The Bertz CT molecular complexity index is 1360. The Kier molecular flexibility index (Phi) is 5.51. The lowest BCUT2D eigenvalue weighted by atomic mass is 10.1. The van der Waals surface area contributed by atoms with E-state index in [0.29, 0.717) is 11.2 Å². The summed E-state index contributed by atoms with van der Waals surface area (Å²) >= 11 is 0. The monoisotopic (exact) mass is 429 g/mol. The van der Waals surface area contributed by atoms with Crippen molar-refractivity contribution in [2.75, 3.05) is 6.61 Å². The molecule has 4 aromatic rings. The van der Waals surface area contributed by atoms with Crippen LogP contribution in [-0.4, -0.2) is 32.7 Å². The van der Waals surface area contributed by atoms with Crippen molar-refractivity contribution in [3.05, 3.63) is 99.5 Å². The Labute approximate surface area is 183 Å². The highest BCUT2D eigenvalue weighted by molar-refractivity contribution is 6.13. The summed E-state index contributed by atoms with van der Waals surface area (Å²) in [5.74, 6) is -1.18. The molecule has 0 radical (unpaired) electrons. The fourth-order valence-electron chi connectivity index (χ4n) is 3.49. The summed E-state index contributed by atoms with van der Waals surface area (Å²) in [6, 6.07) is 16.5. The van der Waals surface area contributed by atoms with Crippen LogP contribution >= 0.6 is 0 Å². The fourth-order valence-corrected chi connectivity index (χ4v) is 3.49. The van der Waals surface area contributed by atoms with Crippen LogP contribution in [0.1, 0.15) is 38.9 Å². The number of benzene rings is 2. The van der Waals surface area contributed by atoms with Gasteiger partial charge in [0, 0.05) is 11.6 Å². The van der Waals surface area contributed by atoms with Gasteiger partial charge < -0.3 is 4.74 Å². The first-order valence-electron chi connectivity index (χ1n) is 9.94. The van der Waals surface area contributed by atoms with Crippen LogP contribution in [0.3, 0.4) is 0 Å². The quantitative estimate of drug-likeness (QED) is 0.192. The third-order valence-corrected chi connectivity index (χ3v) is 5.08. The molecule has 0 amide bonds. The number of para-hydroxylation sites is 1. The van der Waals surface area contributed by atoms with E-state index in [0.717, 1.165) is 11.1 Å². The predicted octanol–water partition coefficient (Wildman–Crippen LogP) is 4.63. The van der Waals surface area contributed by atoms with E-state index in [1.807, 2.05) is 31.2 Å². The van der Waals surface area contributed by atoms with Crippen LogP contribution in [-0.2, 0) is 4.74 Å². The van der Waals surface area contributed by atoms with E-state index >= 15 is 0 Å². The number of aryl methyl sites for hydroxylation is 1. The third-order valence-electron chi connectivity index (χ3n) is 5.08. The van der Waals surface area contributed by atoms with Crippen molar-refractivity contribution in [2.24, 2.45) is 0 Å². The molecule has 0 saturated carbocycles. The summed E-state index contributed by atoms with van der Waals surface area (Å²) in [5, 5.41) is 11.4. The number of hydrogen-bond acceptors (Lipinski definition) is 6. The number of nitro groups is 1. The Morgan fingerprint density at radius 3 is 2.47 bits per heavy atom. The zero-order chi connectivity index (χ0) is 22.8. The van der Waals surface area contributed by atoms with Crippen molar-refractivity contribution in [3.63, 3.8) is 0 Å². The highest BCUT2D eigenvalue weighted by Gasteiger charge is 2.26. The first kappa shape index (κ1) is 20.9. The number of ether oxygens (including phenoxy) is 1. The number of ketones is 1. The normalized spacial score (nSPS) is 10.8. The van der Waals surface area contributed by atoms with Crippen LogP contribution in [0.15, 0.2) is 67.0 Å². The van der Waals surface area contributed by atoms with Crippen molar-refractivity contribution in [1.29, 1.82) is 0 Å². The second kappa shape index (κ2) is 8.43. The smallest absolute Gasteiger partial charge is 0.340 e. The zero-order valence-corrected chi connectivity index (χ0v) is 17.4. The number of aromatic nitrogens is 2. The topological polar surface area (TPSA) is 104 Å². The summed E-state index contributed by atoms with van der Waals surface area (Å²) in [6.45, 7) is 3.83. The maximum absolute atomic E-state index is 13.3. The number of esters is 1. The molecule has 0 aliphatic carbocycles. The lowest BCUT2D eigenvalue weighted by molar-refractivity contribution is -0.385. The number of carbonyl (C=O) groups is 2. The maximum atomic E-state index is 13.3. The van der Waals surface area contributed by atoms with Crippen LogP contribution in [0.2, 0.25) is 0 Å². The molecule has 160 valence electrons. The minimum atomic E-state index is -0.608. The molecule has 0 aliphatic heterocycles. The van der Waals surface area contributed by atoms with Gasteiger partial charge in [0.1, 0.15) is 11.9 Å². The number of hydrogen-bond donors (Lipinski definition) is 0. The number of carbonyl (C=O) groups excluding carboxylic acids is 2. The Balaban J connectivity index is 1.90. The molecule has 8 heteroatoms. The second-order valence-electron chi connectivity index (χ2n) is 7.16. The molecule has 8 nitrogen and oxygen atoms in total. The number of nitro benzene ring substituents is 1. The number of fused-ring (bicyclic) bond motifs is 1. The second-order valence-corrected chi connectivity index (χ2v) is 7.16. The largest absolute Gasteiger partial charge is 0.462 e. The van der Waals surface area contributed by atoms with Gasteiger partial charge in [0.2, 0.25) is 5.78 Å². The number of rotatable bonds is 6. The molecule has 0 saturated heterocycles. The molecule has 0 fully saturated rings. The van der Waals surface area contributed by atoms with Gasteiger partial charge in [0.05, 0.1) is 34.0 Å². The highest BCUT2D eigenvalue weighted by atomic mass is 16.6. The van der Waals surface area contributed by atoms with E-state index < -0.39 is 16.7 Å². The molecule has 4 rings (SSSR count). The van der Waals surface area contributed by atoms with Crippen molar-refractivity contribution < 1.29 is 19.2 Å². The van der Waals surface area contributed by atoms with Crippen LogP contribution in [0.25, 0.3) is 16.8 Å². The molecule has 2 aromatic heterocycles. The van der Waals surface area contributed by atoms with Gasteiger partial charge in [-0.15, -0.1) is 0 Å². The molecular weight excluding hydrogens is 410 g/mol. The Morgan fingerprint density at radius 2 is 1.78 bits per heavy atom. The SMILES string of the molecule is CCOC(=O)c1cc(C(=O)c2ccccc2[N+](=O)[O-])n2cnc(-c3ccc(C)cc3)cc12. The highest BCUT2D eigenvalue weighted by Crippen LogP contribution is 2.27. The predicted molar refractivity (Wildman–Crippen MR) is 118 cm³/mol. The van der Waals surface area contributed by atoms with Crippen molar-refractivity contribution in [2.45, 2.75) is 13.8 Å². The molecular formula is C24H19N3O5. The fraction of sp³-hybridized carbons (Fsp3) is 0.125. The van der Waals surface area contributed by atoms with E-state index in [2.05, 4.69) is 4.98 Å². The van der Waals surface area contributed by atoms with Gasteiger partial charge in [0.25, 0.3) is 5.69 Å². The van der Waals surface area contributed by atoms with Crippen LogP contribution in [0.4, 0.5) is 5.69 Å². The van der Waals surface area contributed by atoms with Crippen molar-refractivity contribution in [3.8, 4) is 11.3 Å². The number of nitrogens with zero attached hydrogens (tertiary/aromatic N) is 3. The van der Waals surface area contributed by atoms with E-state index in [-0.39, 0.29) is 29.1 Å². The molecule has 0 atom stereocenters. The summed E-state index contributed by atoms with van der Waals surface area (Å²) in [4.78, 5) is 41.1. The zero-order valence-electron chi connectivity index (χ0n) is 17.4. The van der Waals surface area contributed by atoms with Crippen molar-refractivity contribution in [1.82, 2.24) is 9.38 Å². The van der Waals surface area contributed by atoms with Gasteiger partial charge in [-0.3, -0.25) is 19.3 Å². The molecule has 0 aliphatic rings. The average molecular weight is 429 g/mol. The van der Waals surface area contributed by atoms with Crippen LogP contribution < -0.4 is 0 Å². The standard InChI is InChI=1S/C24H19N3O5/c1-3-32-24(29)18-12-22(23(28)17-6-4-5-7-20(17)27(30)31)26-14-25-19(13-21(18)26)16-10-8-15(2)9-11-16/h4-14H,3H2,1-2H3. The van der Waals surface area contributed by atoms with Crippen LogP contribution in [0.5, 0.6) is 0 Å². The summed E-state index contributed by atoms with van der Waals surface area (Å²) in [7, 11) is 0. The summed E-state index contributed by atoms with van der Waals surface area (Å²) in [5.41, 5.74) is 2.87. The van der Waals surface area contributed by atoms with Crippen LogP contribution in [0, 0.1) is 17.0 Å². The summed E-state index contributed by atoms with van der Waals surface area (Å²) in [6.07, 6.45) is 1.44.